The summed E-state index contributed by atoms with van der Waals surface area (Å²) in [5.41, 5.74) is 1.24. The molecular weight excluding hydrogens is 362 g/mol. The van der Waals surface area contributed by atoms with Gasteiger partial charge in [0.25, 0.3) is 10.0 Å². The summed E-state index contributed by atoms with van der Waals surface area (Å²) in [5.74, 6) is 0.715. The second-order valence-corrected chi connectivity index (χ2v) is 8.66. The molecule has 0 spiro atoms. The van der Waals surface area contributed by atoms with E-state index in [-0.39, 0.29) is 21.0 Å². The van der Waals surface area contributed by atoms with Crippen LogP contribution >= 0.6 is 11.6 Å². The van der Waals surface area contributed by atoms with Crippen LogP contribution in [0, 0.1) is 0 Å². The number of rotatable bonds is 5. The molecule has 0 radical (unpaired) electrons. The minimum atomic E-state index is -3.77. The van der Waals surface area contributed by atoms with Gasteiger partial charge in [0.1, 0.15) is 11.5 Å². The molecular formula is C18H22ClNO4S. The zero-order valence-electron chi connectivity index (χ0n) is 14.9. The molecule has 5 nitrogen and oxygen atoms in total. The van der Waals surface area contributed by atoms with E-state index in [0.29, 0.717) is 11.5 Å². The second kappa shape index (κ2) is 7.14. The lowest BCUT2D eigenvalue weighted by atomic mass is 9.87. The Morgan fingerprint density at radius 1 is 0.960 bits per heavy atom. The van der Waals surface area contributed by atoms with Crippen LogP contribution in [0.25, 0.3) is 0 Å². The molecule has 0 heterocycles. The topological polar surface area (TPSA) is 64.6 Å². The molecule has 2 aromatic carbocycles. The van der Waals surface area contributed by atoms with Crippen molar-refractivity contribution < 1.29 is 17.9 Å². The zero-order valence-corrected chi connectivity index (χ0v) is 16.5. The van der Waals surface area contributed by atoms with Crippen molar-refractivity contribution in [2.45, 2.75) is 31.1 Å². The fourth-order valence-corrected chi connectivity index (χ4v) is 3.58. The molecule has 0 aliphatic carbocycles. The van der Waals surface area contributed by atoms with Crippen molar-refractivity contribution >= 4 is 27.3 Å². The fourth-order valence-electron chi connectivity index (χ4n) is 2.28. The second-order valence-electron chi connectivity index (χ2n) is 6.57. The molecule has 0 fully saturated rings. The number of anilines is 1. The summed E-state index contributed by atoms with van der Waals surface area (Å²) >= 11 is 6.09. The molecule has 0 bridgehead atoms. The van der Waals surface area contributed by atoms with E-state index < -0.39 is 10.0 Å². The largest absolute Gasteiger partial charge is 0.495 e. The van der Waals surface area contributed by atoms with Crippen LogP contribution in [0.4, 0.5) is 5.69 Å². The first-order valence-corrected chi connectivity index (χ1v) is 9.49. The molecule has 0 saturated heterocycles. The summed E-state index contributed by atoms with van der Waals surface area (Å²) in [7, 11) is -0.857. The Morgan fingerprint density at radius 3 is 2.00 bits per heavy atom. The number of hydrogen-bond acceptors (Lipinski definition) is 4. The standard InChI is InChI=1S/C18H22ClNO4S/c1-18(2,3)12-6-8-13(9-7-12)25(21,22)20-15-10-14(19)16(23-4)11-17(15)24-5/h6-11,20H,1-5H3. The minimum absolute atomic E-state index is 0.0531. The lowest BCUT2D eigenvalue weighted by Crippen LogP contribution is -2.15. The van der Waals surface area contributed by atoms with Gasteiger partial charge in [0.2, 0.25) is 0 Å². The Hall–Kier alpha value is -1.92. The SMILES string of the molecule is COc1cc(OC)c(NS(=O)(=O)c2ccc(C(C)(C)C)cc2)cc1Cl. The zero-order chi connectivity index (χ0) is 18.8. The third kappa shape index (κ3) is 4.38. The Balaban J connectivity index is 2.37. The average Bonchev–Trinajstić information content (AvgIpc) is 2.54. The van der Waals surface area contributed by atoms with Crippen LogP contribution in [0.2, 0.25) is 5.02 Å². The van der Waals surface area contributed by atoms with Gasteiger partial charge in [-0.05, 0) is 29.2 Å². The van der Waals surface area contributed by atoms with Crippen LogP contribution in [0.5, 0.6) is 11.5 Å². The lowest BCUT2D eigenvalue weighted by molar-refractivity contribution is 0.396. The summed E-state index contributed by atoms with van der Waals surface area (Å²) in [5, 5.41) is 0.282. The van der Waals surface area contributed by atoms with Crippen LogP contribution in [0.3, 0.4) is 0 Å². The molecule has 0 aliphatic heterocycles. The number of halogens is 1. The van der Waals surface area contributed by atoms with E-state index in [1.807, 2.05) is 12.1 Å². The van der Waals surface area contributed by atoms with Crippen LogP contribution < -0.4 is 14.2 Å². The van der Waals surface area contributed by atoms with Crippen molar-refractivity contribution in [1.29, 1.82) is 0 Å². The van der Waals surface area contributed by atoms with Gasteiger partial charge in [-0.2, -0.15) is 0 Å². The Bertz CT molecular complexity index is 856. The van der Waals surface area contributed by atoms with Crippen LogP contribution in [-0.4, -0.2) is 22.6 Å². The average molecular weight is 384 g/mol. The summed E-state index contributed by atoms with van der Waals surface area (Å²) < 4.78 is 38.2. The van der Waals surface area contributed by atoms with Crippen LogP contribution in [0.1, 0.15) is 26.3 Å². The maximum atomic E-state index is 12.7. The molecule has 2 rings (SSSR count). The molecule has 0 atom stereocenters. The number of benzene rings is 2. The molecule has 1 N–H and O–H groups in total. The van der Waals surface area contributed by atoms with Crippen LogP contribution in [-0.2, 0) is 15.4 Å². The predicted molar refractivity (Wildman–Crippen MR) is 101 cm³/mol. The van der Waals surface area contributed by atoms with Gasteiger partial charge in [-0.3, -0.25) is 4.72 Å². The van der Waals surface area contributed by atoms with E-state index in [1.54, 1.807) is 12.1 Å². The van der Waals surface area contributed by atoms with Gasteiger partial charge in [0.15, 0.2) is 0 Å². The van der Waals surface area contributed by atoms with Gasteiger partial charge < -0.3 is 9.47 Å². The highest BCUT2D eigenvalue weighted by atomic mass is 35.5. The highest BCUT2D eigenvalue weighted by Gasteiger charge is 2.20. The summed E-state index contributed by atoms with van der Waals surface area (Å²) in [4.78, 5) is 0.162. The first kappa shape index (κ1) is 19.4. The highest BCUT2D eigenvalue weighted by Crippen LogP contribution is 2.37. The van der Waals surface area contributed by atoms with Crippen molar-refractivity contribution in [2.24, 2.45) is 0 Å². The quantitative estimate of drug-likeness (QED) is 0.828. The Kier molecular flexibility index (Phi) is 5.54. The van der Waals surface area contributed by atoms with Gasteiger partial charge >= 0.3 is 0 Å². The molecule has 25 heavy (non-hydrogen) atoms. The number of hydrogen-bond donors (Lipinski definition) is 1. The molecule has 2 aromatic rings. The molecule has 136 valence electrons. The van der Waals surface area contributed by atoms with E-state index in [0.717, 1.165) is 5.56 Å². The fraction of sp³-hybridized carbons (Fsp3) is 0.333. The van der Waals surface area contributed by atoms with E-state index in [2.05, 4.69) is 25.5 Å². The van der Waals surface area contributed by atoms with Crippen molar-refractivity contribution in [2.75, 3.05) is 18.9 Å². The van der Waals surface area contributed by atoms with Gasteiger partial charge in [-0.15, -0.1) is 0 Å². The first-order chi connectivity index (χ1) is 11.6. The lowest BCUT2D eigenvalue weighted by Gasteiger charge is -2.19. The maximum Gasteiger partial charge on any atom is 0.262 e. The monoisotopic (exact) mass is 383 g/mol. The minimum Gasteiger partial charge on any atom is -0.495 e. The molecule has 0 aliphatic rings. The summed E-state index contributed by atoms with van der Waals surface area (Å²) in [6, 6.07) is 9.78. The molecule has 0 amide bonds. The molecule has 0 saturated carbocycles. The van der Waals surface area contributed by atoms with Gasteiger partial charge in [0.05, 0.1) is 29.8 Å². The normalized spacial score (nSPS) is 11.9. The molecule has 0 unspecified atom stereocenters. The smallest absolute Gasteiger partial charge is 0.262 e. The number of sulfonamides is 1. The first-order valence-electron chi connectivity index (χ1n) is 7.63. The Morgan fingerprint density at radius 2 is 1.52 bits per heavy atom. The van der Waals surface area contributed by atoms with Crippen LogP contribution in [0.15, 0.2) is 41.3 Å². The van der Waals surface area contributed by atoms with E-state index >= 15 is 0 Å². The maximum absolute atomic E-state index is 12.7. The van der Waals surface area contributed by atoms with E-state index in [4.69, 9.17) is 21.1 Å². The molecule has 7 heteroatoms. The van der Waals surface area contributed by atoms with E-state index in [1.165, 1.54) is 26.4 Å². The third-order valence-electron chi connectivity index (χ3n) is 3.75. The van der Waals surface area contributed by atoms with Gasteiger partial charge in [0, 0.05) is 6.07 Å². The van der Waals surface area contributed by atoms with Crippen molar-refractivity contribution in [1.82, 2.24) is 0 Å². The van der Waals surface area contributed by atoms with Crippen molar-refractivity contribution in [3.05, 3.63) is 47.0 Å². The summed E-state index contributed by atoms with van der Waals surface area (Å²) in [6.07, 6.45) is 0. The number of ether oxygens (including phenoxy) is 2. The highest BCUT2D eigenvalue weighted by molar-refractivity contribution is 7.92. The summed E-state index contributed by atoms with van der Waals surface area (Å²) in [6.45, 7) is 6.21. The predicted octanol–water partition coefficient (Wildman–Crippen LogP) is 4.46. The number of methoxy groups -OCH3 is 2. The van der Waals surface area contributed by atoms with Crippen molar-refractivity contribution in [3.63, 3.8) is 0 Å². The van der Waals surface area contributed by atoms with Crippen molar-refractivity contribution in [3.8, 4) is 11.5 Å². The number of nitrogens with one attached hydrogen (secondary N) is 1. The third-order valence-corrected chi connectivity index (χ3v) is 5.43. The van der Waals surface area contributed by atoms with Gasteiger partial charge in [-0.25, -0.2) is 8.42 Å². The Labute approximate surface area is 154 Å². The molecule has 0 aromatic heterocycles. The van der Waals surface area contributed by atoms with Gasteiger partial charge in [-0.1, -0.05) is 44.5 Å². The van der Waals surface area contributed by atoms with E-state index in [9.17, 15) is 8.42 Å².